The molecule has 3 N–H and O–H groups in total. The normalized spacial score (nSPS) is 11.7. The van der Waals surface area contributed by atoms with Crippen LogP contribution in [0.5, 0.6) is 5.75 Å². The van der Waals surface area contributed by atoms with E-state index in [1.54, 1.807) is 0 Å². The molecule has 0 aromatic carbocycles. The number of pyridine rings is 1. The lowest BCUT2D eigenvalue weighted by atomic mass is 10.1. The zero-order chi connectivity index (χ0) is 15.0. The summed E-state index contributed by atoms with van der Waals surface area (Å²) in [5.74, 6) is 0.678. The molecule has 112 valence electrons. The lowest BCUT2D eigenvalue weighted by Gasteiger charge is -2.13. The monoisotopic (exact) mass is 279 g/mol. The Morgan fingerprint density at radius 3 is 2.65 bits per heavy atom. The number of amidine groups is 1. The molecule has 20 heavy (non-hydrogen) atoms. The summed E-state index contributed by atoms with van der Waals surface area (Å²) in [7, 11) is 0. The van der Waals surface area contributed by atoms with Crippen LogP contribution >= 0.6 is 0 Å². The Bertz CT molecular complexity index is 459. The van der Waals surface area contributed by atoms with Gasteiger partial charge in [0.2, 0.25) is 0 Å². The highest BCUT2D eigenvalue weighted by atomic mass is 16.5. The highest BCUT2D eigenvalue weighted by Gasteiger charge is 2.14. The van der Waals surface area contributed by atoms with Gasteiger partial charge < -0.3 is 15.7 Å². The fraction of sp³-hybridized carbons (Fsp3) is 0.600. The molecule has 5 nitrogen and oxygen atoms in total. The molecule has 5 heteroatoms. The molecule has 1 aromatic heterocycles. The second kappa shape index (κ2) is 8.40. The van der Waals surface area contributed by atoms with E-state index in [1.165, 1.54) is 19.3 Å². The number of oxime groups is 1. The van der Waals surface area contributed by atoms with Gasteiger partial charge in [-0.3, -0.25) is 4.98 Å². The largest absolute Gasteiger partial charge is 0.493 e. The number of aromatic nitrogens is 1. The van der Waals surface area contributed by atoms with Gasteiger partial charge in [-0.05, 0) is 20.3 Å². The summed E-state index contributed by atoms with van der Waals surface area (Å²) >= 11 is 0. The van der Waals surface area contributed by atoms with Crippen LogP contribution in [0.1, 0.15) is 56.0 Å². The molecule has 0 aliphatic carbocycles. The minimum atomic E-state index is 0.0379. The second-order valence-corrected chi connectivity index (χ2v) is 4.97. The fourth-order valence-corrected chi connectivity index (χ4v) is 2.16. The lowest BCUT2D eigenvalue weighted by Crippen LogP contribution is -2.18. The van der Waals surface area contributed by atoms with Crippen LogP contribution in [0, 0.1) is 13.8 Å². The van der Waals surface area contributed by atoms with Crippen molar-refractivity contribution < 1.29 is 9.94 Å². The van der Waals surface area contributed by atoms with E-state index < -0.39 is 0 Å². The zero-order valence-corrected chi connectivity index (χ0v) is 12.6. The number of aryl methyl sites for hydroxylation is 2. The molecule has 0 bridgehead atoms. The van der Waals surface area contributed by atoms with Crippen molar-refractivity contribution in [1.82, 2.24) is 4.98 Å². The Morgan fingerprint density at radius 2 is 2.00 bits per heavy atom. The predicted octanol–water partition coefficient (Wildman–Crippen LogP) is 3.14. The number of ether oxygens (including phenoxy) is 1. The Kier molecular flexibility index (Phi) is 6.84. The van der Waals surface area contributed by atoms with Gasteiger partial charge in [-0.25, -0.2) is 0 Å². The van der Waals surface area contributed by atoms with Gasteiger partial charge in [0.25, 0.3) is 0 Å². The van der Waals surface area contributed by atoms with Gasteiger partial charge in [0.05, 0.1) is 17.9 Å². The summed E-state index contributed by atoms with van der Waals surface area (Å²) in [5.41, 5.74) is 7.84. The van der Waals surface area contributed by atoms with E-state index in [1.807, 2.05) is 19.9 Å². The summed E-state index contributed by atoms with van der Waals surface area (Å²) in [5, 5.41) is 11.9. The number of rotatable bonds is 8. The number of nitrogens with zero attached hydrogens (tertiary/aromatic N) is 2. The van der Waals surface area contributed by atoms with Crippen LogP contribution in [0.2, 0.25) is 0 Å². The molecule has 1 heterocycles. The SMILES string of the molecule is CCCCCCCOc1cc(C)nc(C)c1/C(N)=N/O. The maximum Gasteiger partial charge on any atom is 0.175 e. The van der Waals surface area contributed by atoms with E-state index in [0.717, 1.165) is 18.5 Å². The second-order valence-electron chi connectivity index (χ2n) is 4.97. The zero-order valence-electron chi connectivity index (χ0n) is 12.6. The van der Waals surface area contributed by atoms with Gasteiger partial charge in [-0.15, -0.1) is 0 Å². The molecule has 0 atom stereocenters. The minimum Gasteiger partial charge on any atom is -0.493 e. The van der Waals surface area contributed by atoms with Crippen molar-refractivity contribution in [1.29, 1.82) is 0 Å². The molecule has 0 amide bonds. The van der Waals surface area contributed by atoms with Crippen molar-refractivity contribution in [3.8, 4) is 5.75 Å². The number of hydrogen-bond donors (Lipinski definition) is 2. The first kappa shape index (κ1) is 16.3. The first-order valence-electron chi connectivity index (χ1n) is 7.19. The Hall–Kier alpha value is -1.78. The minimum absolute atomic E-state index is 0.0379. The van der Waals surface area contributed by atoms with E-state index >= 15 is 0 Å². The average Bonchev–Trinajstić information content (AvgIpc) is 2.41. The molecule has 0 fully saturated rings. The van der Waals surface area contributed by atoms with Gasteiger partial charge in [0.1, 0.15) is 5.75 Å². The highest BCUT2D eigenvalue weighted by molar-refractivity contribution is 6.00. The first-order valence-corrected chi connectivity index (χ1v) is 7.19. The third-order valence-electron chi connectivity index (χ3n) is 3.16. The van der Waals surface area contributed by atoms with Crippen LogP contribution in [-0.4, -0.2) is 22.6 Å². The van der Waals surface area contributed by atoms with Crippen LogP contribution in [-0.2, 0) is 0 Å². The van der Waals surface area contributed by atoms with E-state index in [9.17, 15) is 0 Å². The molecule has 0 spiro atoms. The fourth-order valence-electron chi connectivity index (χ4n) is 2.16. The summed E-state index contributed by atoms with van der Waals surface area (Å²) in [4.78, 5) is 4.32. The Labute approximate surface area is 120 Å². The standard InChI is InChI=1S/C15H25N3O2/c1-4-5-6-7-8-9-20-13-10-11(2)17-12(3)14(13)15(16)18-19/h10,19H,4-9H2,1-3H3,(H2,16,18). The van der Waals surface area contributed by atoms with Gasteiger partial charge in [-0.1, -0.05) is 37.8 Å². The number of hydrogen-bond acceptors (Lipinski definition) is 4. The predicted molar refractivity (Wildman–Crippen MR) is 80.5 cm³/mol. The van der Waals surface area contributed by atoms with E-state index in [4.69, 9.17) is 15.7 Å². The molecule has 0 aliphatic heterocycles. The smallest absolute Gasteiger partial charge is 0.175 e. The summed E-state index contributed by atoms with van der Waals surface area (Å²) in [6.07, 6.45) is 5.91. The van der Waals surface area contributed by atoms with Gasteiger partial charge in [0, 0.05) is 11.8 Å². The highest BCUT2D eigenvalue weighted by Crippen LogP contribution is 2.22. The van der Waals surface area contributed by atoms with Crippen LogP contribution in [0.3, 0.4) is 0 Å². The molecule has 0 unspecified atom stereocenters. The van der Waals surface area contributed by atoms with Crippen molar-refractivity contribution in [2.45, 2.75) is 52.9 Å². The van der Waals surface area contributed by atoms with Gasteiger partial charge >= 0.3 is 0 Å². The quantitative estimate of drug-likeness (QED) is 0.252. The molecule has 1 rings (SSSR count). The molecular weight excluding hydrogens is 254 g/mol. The topological polar surface area (TPSA) is 80.7 Å². The Morgan fingerprint density at radius 1 is 1.30 bits per heavy atom. The van der Waals surface area contributed by atoms with Crippen molar-refractivity contribution in [2.75, 3.05) is 6.61 Å². The number of nitrogens with two attached hydrogens (primary N) is 1. The van der Waals surface area contributed by atoms with Crippen LogP contribution < -0.4 is 10.5 Å². The molecule has 0 saturated heterocycles. The molecule has 0 radical (unpaired) electrons. The van der Waals surface area contributed by atoms with Crippen LogP contribution in [0.25, 0.3) is 0 Å². The maximum atomic E-state index is 8.85. The third kappa shape index (κ3) is 4.72. The summed E-state index contributed by atoms with van der Waals surface area (Å²) in [6, 6.07) is 1.83. The van der Waals surface area contributed by atoms with E-state index in [0.29, 0.717) is 23.6 Å². The first-order chi connectivity index (χ1) is 9.60. The van der Waals surface area contributed by atoms with Crippen molar-refractivity contribution in [3.05, 3.63) is 23.0 Å². The summed E-state index contributed by atoms with van der Waals surface area (Å²) < 4.78 is 5.79. The maximum absolute atomic E-state index is 8.85. The van der Waals surface area contributed by atoms with Crippen LogP contribution in [0.15, 0.2) is 11.2 Å². The van der Waals surface area contributed by atoms with Crippen molar-refractivity contribution >= 4 is 5.84 Å². The van der Waals surface area contributed by atoms with E-state index in [2.05, 4.69) is 17.1 Å². The van der Waals surface area contributed by atoms with Crippen molar-refractivity contribution in [2.24, 2.45) is 10.9 Å². The Balaban J connectivity index is 2.68. The molecular formula is C15H25N3O2. The molecule has 0 saturated carbocycles. The van der Waals surface area contributed by atoms with E-state index in [-0.39, 0.29) is 5.84 Å². The average molecular weight is 279 g/mol. The molecule has 1 aromatic rings. The third-order valence-corrected chi connectivity index (χ3v) is 3.16. The van der Waals surface area contributed by atoms with Gasteiger partial charge in [0.15, 0.2) is 5.84 Å². The number of unbranched alkanes of at least 4 members (excludes halogenated alkanes) is 4. The molecule has 0 aliphatic rings. The van der Waals surface area contributed by atoms with Gasteiger partial charge in [-0.2, -0.15) is 0 Å². The lowest BCUT2D eigenvalue weighted by molar-refractivity contribution is 0.301. The van der Waals surface area contributed by atoms with Crippen molar-refractivity contribution in [3.63, 3.8) is 0 Å². The van der Waals surface area contributed by atoms with Crippen LogP contribution in [0.4, 0.5) is 0 Å². The summed E-state index contributed by atoms with van der Waals surface area (Å²) in [6.45, 7) is 6.56.